The van der Waals surface area contributed by atoms with Crippen LogP contribution in [0, 0.1) is 0 Å². The van der Waals surface area contributed by atoms with Gasteiger partial charge in [0.05, 0.1) is 35.5 Å². The zero-order chi connectivity index (χ0) is 19.8. The Labute approximate surface area is 172 Å². The number of nitrogens with zero attached hydrogens (tertiary/aromatic N) is 4. The van der Waals surface area contributed by atoms with Crippen molar-refractivity contribution < 1.29 is 19.1 Å². The van der Waals surface area contributed by atoms with Crippen LogP contribution in [0.15, 0.2) is 24.7 Å². The average Bonchev–Trinajstić information content (AvgIpc) is 3.37. The van der Waals surface area contributed by atoms with Gasteiger partial charge in [0.1, 0.15) is 13.2 Å². The Morgan fingerprint density at radius 2 is 2.07 bits per heavy atom. The smallest absolute Gasteiger partial charge is 0.410 e. The predicted octanol–water partition coefficient (Wildman–Crippen LogP) is 2.05. The summed E-state index contributed by atoms with van der Waals surface area (Å²) in [4.78, 5) is 38.6. The third-order valence-corrected chi connectivity index (χ3v) is 7.14. The summed E-state index contributed by atoms with van der Waals surface area (Å²) < 4.78 is 11.2. The number of hydrogen-bond donors (Lipinski definition) is 0. The van der Waals surface area contributed by atoms with Crippen molar-refractivity contribution in [3.05, 3.63) is 35.1 Å². The first-order valence-electron chi connectivity index (χ1n) is 9.88. The lowest BCUT2D eigenvalue weighted by Crippen LogP contribution is -2.50. The topological polar surface area (TPSA) is 84.9 Å². The van der Waals surface area contributed by atoms with E-state index in [1.54, 1.807) is 29.9 Å². The van der Waals surface area contributed by atoms with Crippen LogP contribution in [-0.4, -0.2) is 71.2 Å². The Morgan fingerprint density at radius 1 is 1.21 bits per heavy atom. The van der Waals surface area contributed by atoms with Gasteiger partial charge in [-0.3, -0.25) is 19.7 Å². The minimum atomic E-state index is -0.401. The number of rotatable bonds is 3. The van der Waals surface area contributed by atoms with Crippen LogP contribution in [0.5, 0.6) is 0 Å². The minimum absolute atomic E-state index is 0.0275. The van der Waals surface area contributed by atoms with Crippen LogP contribution in [0.4, 0.5) is 4.79 Å². The second kappa shape index (κ2) is 7.38. The van der Waals surface area contributed by atoms with Gasteiger partial charge in [0.25, 0.3) is 0 Å². The lowest BCUT2D eigenvalue weighted by Gasteiger charge is -2.44. The van der Waals surface area contributed by atoms with E-state index in [4.69, 9.17) is 9.47 Å². The molecule has 3 aliphatic rings. The van der Waals surface area contributed by atoms with Crippen molar-refractivity contribution in [1.29, 1.82) is 0 Å². The quantitative estimate of drug-likeness (QED) is 0.764. The molecule has 0 saturated carbocycles. The minimum Gasteiger partial charge on any atom is -0.448 e. The Balaban J connectivity index is 1.30. The van der Waals surface area contributed by atoms with Crippen LogP contribution in [0.3, 0.4) is 0 Å². The summed E-state index contributed by atoms with van der Waals surface area (Å²) in [5, 5.41) is 0. The highest BCUT2D eigenvalue weighted by atomic mass is 32.1. The molecular formula is C20H22N4O4S. The van der Waals surface area contributed by atoms with Gasteiger partial charge in [-0.15, -0.1) is 11.3 Å². The SMILES string of the molecule is O=C(CN1CCOC1=O)N1CCC2(CC1)OCCc1sc(-c3cnccn3)cc12. The van der Waals surface area contributed by atoms with Crippen LogP contribution in [0.25, 0.3) is 10.6 Å². The number of piperidine rings is 1. The van der Waals surface area contributed by atoms with Crippen molar-refractivity contribution in [2.24, 2.45) is 0 Å². The first kappa shape index (κ1) is 18.5. The molecule has 2 aromatic rings. The molecule has 29 heavy (non-hydrogen) atoms. The van der Waals surface area contributed by atoms with Crippen molar-refractivity contribution in [2.75, 3.05) is 39.4 Å². The fourth-order valence-electron chi connectivity index (χ4n) is 4.33. The maximum absolute atomic E-state index is 12.6. The Bertz CT molecular complexity index is 924. The van der Waals surface area contributed by atoms with E-state index in [1.807, 2.05) is 4.90 Å². The number of aromatic nitrogens is 2. The lowest BCUT2D eigenvalue weighted by atomic mass is 9.82. The standard InChI is InChI=1S/C20H22N4O4S/c25-18(13-24-8-10-27-19(24)26)23-6-2-20(3-7-23)14-11-17(15-12-21-4-5-22-15)29-16(14)1-9-28-20/h4-5,11-12H,1-3,6-10,13H2. The summed E-state index contributed by atoms with van der Waals surface area (Å²) in [5.74, 6) is -0.0275. The van der Waals surface area contributed by atoms with Crippen molar-refractivity contribution in [1.82, 2.24) is 19.8 Å². The fourth-order valence-corrected chi connectivity index (χ4v) is 5.53. The molecule has 8 nitrogen and oxygen atoms in total. The molecule has 0 bridgehead atoms. The average molecular weight is 414 g/mol. The van der Waals surface area contributed by atoms with Crippen molar-refractivity contribution >= 4 is 23.3 Å². The van der Waals surface area contributed by atoms with Gasteiger partial charge >= 0.3 is 6.09 Å². The third kappa shape index (κ3) is 3.38. The number of thiophene rings is 1. The zero-order valence-electron chi connectivity index (χ0n) is 16.0. The van der Waals surface area contributed by atoms with E-state index < -0.39 is 6.09 Å². The van der Waals surface area contributed by atoms with E-state index in [-0.39, 0.29) is 18.1 Å². The Morgan fingerprint density at radius 3 is 2.79 bits per heavy atom. The normalized spacial score (nSPS) is 20.6. The maximum Gasteiger partial charge on any atom is 0.410 e. The monoisotopic (exact) mass is 414 g/mol. The second-order valence-corrected chi connectivity index (χ2v) is 8.68. The number of ether oxygens (including phenoxy) is 2. The molecule has 0 aromatic carbocycles. The molecule has 0 N–H and O–H groups in total. The molecular weight excluding hydrogens is 392 g/mol. The summed E-state index contributed by atoms with van der Waals surface area (Å²) in [6, 6.07) is 2.20. The van der Waals surface area contributed by atoms with Crippen LogP contribution in [-0.2, 0) is 26.3 Å². The van der Waals surface area contributed by atoms with Crippen LogP contribution >= 0.6 is 11.3 Å². The van der Waals surface area contributed by atoms with Crippen LogP contribution in [0.2, 0.25) is 0 Å². The molecule has 5 heterocycles. The number of hydrogen-bond acceptors (Lipinski definition) is 7. The maximum atomic E-state index is 12.6. The van der Waals surface area contributed by atoms with Gasteiger partial charge in [0.15, 0.2) is 0 Å². The number of fused-ring (bicyclic) bond motifs is 2. The molecule has 9 heteroatoms. The zero-order valence-corrected chi connectivity index (χ0v) is 16.8. The molecule has 0 unspecified atom stereocenters. The van der Waals surface area contributed by atoms with E-state index >= 15 is 0 Å². The van der Waals surface area contributed by atoms with Gasteiger partial charge in [0.2, 0.25) is 5.91 Å². The molecule has 2 aromatic heterocycles. The highest BCUT2D eigenvalue weighted by Gasteiger charge is 2.43. The van der Waals surface area contributed by atoms with Crippen molar-refractivity contribution in [3.8, 4) is 10.6 Å². The van der Waals surface area contributed by atoms with Gasteiger partial charge in [-0.1, -0.05) is 0 Å². The van der Waals surface area contributed by atoms with E-state index in [0.29, 0.717) is 32.8 Å². The summed E-state index contributed by atoms with van der Waals surface area (Å²) in [5.41, 5.74) is 1.78. The van der Waals surface area contributed by atoms with Crippen molar-refractivity contribution in [2.45, 2.75) is 24.9 Å². The first-order chi connectivity index (χ1) is 14.1. The van der Waals surface area contributed by atoms with E-state index in [1.165, 1.54) is 15.3 Å². The van der Waals surface area contributed by atoms with Crippen LogP contribution < -0.4 is 0 Å². The number of carbonyl (C=O) groups excluding carboxylic acids is 2. The molecule has 3 aliphatic heterocycles. The molecule has 5 rings (SSSR count). The van der Waals surface area contributed by atoms with E-state index in [0.717, 1.165) is 29.8 Å². The molecule has 0 aliphatic carbocycles. The molecule has 2 fully saturated rings. The second-order valence-electron chi connectivity index (χ2n) is 7.55. The van der Waals surface area contributed by atoms with Gasteiger partial charge in [-0.25, -0.2) is 4.79 Å². The Kier molecular flexibility index (Phi) is 4.71. The molecule has 152 valence electrons. The highest BCUT2D eigenvalue weighted by molar-refractivity contribution is 7.15. The number of cyclic esters (lactones) is 1. The molecule has 2 saturated heterocycles. The summed E-state index contributed by atoms with van der Waals surface area (Å²) in [6.45, 7) is 2.87. The summed E-state index contributed by atoms with van der Waals surface area (Å²) >= 11 is 1.76. The van der Waals surface area contributed by atoms with Crippen LogP contribution in [0.1, 0.15) is 23.3 Å². The van der Waals surface area contributed by atoms with E-state index in [2.05, 4.69) is 16.0 Å². The molecule has 0 radical (unpaired) electrons. The van der Waals surface area contributed by atoms with Crippen molar-refractivity contribution in [3.63, 3.8) is 0 Å². The van der Waals surface area contributed by atoms with E-state index in [9.17, 15) is 9.59 Å². The summed E-state index contributed by atoms with van der Waals surface area (Å²) in [7, 11) is 0. The number of carbonyl (C=O) groups is 2. The Hall–Kier alpha value is -2.52. The molecule has 2 amide bonds. The van der Waals surface area contributed by atoms with Gasteiger partial charge in [-0.05, 0) is 24.5 Å². The highest BCUT2D eigenvalue weighted by Crippen LogP contribution is 2.46. The molecule has 1 spiro atoms. The number of likely N-dealkylation sites (tertiary alicyclic amines) is 1. The third-order valence-electron chi connectivity index (χ3n) is 5.92. The van der Waals surface area contributed by atoms with Gasteiger partial charge in [0, 0.05) is 36.8 Å². The lowest BCUT2D eigenvalue weighted by molar-refractivity contribution is -0.141. The first-order valence-corrected chi connectivity index (χ1v) is 10.7. The number of amides is 2. The largest absolute Gasteiger partial charge is 0.448 e. The predicted molar refractivity (Wildman–Crippen MR) is 105 cm³/mol. The van der Waals surface area contributed by atoms with Gasteiger partial charge in [-0.2, -0.15) is 0 Å². The molecule has 0 atom stereocenters. The van der Waals surface area contributed by atoms with Gasteiger partial charge < -0.3 is 14.4 Å². The fraction of sp³-hybridized carbons (Fsp3) is 0.500. The summed E-state index contributed by atoms with van der Waals surface area (Å²) in [6.07, 6.45) is 7.19.